The number of amides is 1. The highest BCUT2D eigenvalue weighted by Crippen LogP contribution is 2.39. The maximum atomic E-state index is 13.3. The molecule has 6 heteroatoms. The maximum absolute atomic E-state index is 13.3. The molecule has 1 aliphatic rings. The predicted octanol–water partition coefficient (Wildman–Crippen LogP) is 5.77. The Bertz CT molecular complexity index is 1040. The fourth-order valence-electron chi connectivity index (χ4n) is 4.34. The van der Waals surface area contributed by atoms with Crippen LogP contribution in [0.25, 0.3) is 16.7 Å². The molecular formula is C26H36N4O2. The van der Waals surface area contributed by atoms with Crippen LogP contribution in [0.3, 0.4) is 0 Å². The minimum atomic E-state index is -0.321. The summed E-state index contributed by atoms with van der Waals surface area (Å²) in [5.74, 6) is 0.105. The van der Waals surface area contributed by atoms with Crippen molar-refractivity contribution in [3.05, 3.63) is 41.4 Å². The third-order valence-corrected chi connectivity index (χ3v) is 6.80. The van der Waals surface area contributed by atoms with Gasteiger partial charge < -0.3 is 10.3 Å². The van der Waals surface area contributed by atoms with Gasteiger partial charge in [0.25, 0.3) is 0 Å². The number of rotatable bonds is 8. The first-order valence-corrected chi connectivity index (χ1v) is 11.8. The SMILES string of the molecule is CCC(CC)NC(=O)/C(C)=C/C=C(\C)c1cnc2[nH]cc(C(=O)C3(C)CCCCC3)c2n1. The summed E-state index contributed by atoms with van der Waals surface area (Å²) < 4.78 is 0. The Hall–Kier alpha value is -2.76. The van der Waals surface area contributed by atoms with Gasteiger partial charge in [0.15, 0.2) is 11.4 Å². The number of carbonyl (C=O) groups is 2. The molecule has 0 unspecified atom stereocenters. The van der Waals surface area contributed by atoms with E-state index in [1.54, 1.807) is 12.4 Å². The largest absolute Gasteiger partial charge is 0.350 e. The number of fused-ring (bicyclic) bond motifs is 1. The lowest BCUT2D eigenvalue weighted by atomic mass is 9.71. The number of carbonyl (C=O) groups excluding carboxylic acids is 2. The molecule has 0 spiro atoms. The fourth-order valence-corrected chi connectivity index (χ4v) is 4.34. The summed E-state index contributed by atoms with van der Waals surface area (Å²) in [6, 6.07) is 0.194. The molecule has 0 aromatic carbocycles. The number of Topliss-reactive ketones (excluding diaryl/α,β-unsaturated/α-hetero) is 1. The van der Waals surface area contributed by atoms with E-state index in [9.17, 15) is 9.59 Å². The van der Waals surface area contributed by atoms with Crippen LogP contribution in [0.4, 0.5) is 0 Å². The average molecular weight is 437 g/mol. The van der Waals surface area contributed by atoms with Gasteiger partial charge in [-0.3, -0.25) is 9.59 Å². The summed E-state index contributed by atoms with van der Waals surface area (Å²) in [7, 11) is 0. The number of nitrogens with zero attached hydrogens (tertiary/aromatic N) is 2. The summed E-state index contributed by atoms with van der Waals surface area (Å²) >= 11 is 0. The Kier molecular flexibility index (Phi) is 7.64. The van der Waals surface area contributed by atoms with Gasteiger partial charge in [-0.2, -0.15) is 0 Å². The van der Waals surface area contributed by atoms with Crippen molar-refractivity contribution in [2.24, 2.45) is 5.41 Å². The van der Waals surface area contributed by atoms with Gasteiger partial charge in [0, 0.05) is 23.2 Å². The Labute approximate surface area is 191 Å². The van der Waals surface area contributed by atoms with Crippen LogP contribution in [0.1, 0.15) is 95.6 Å². The molecule has 1 amide bonds. The van der Waals surface area contributed by atoms with Crippen LogP contribution in [0.15, 0.2) is 30.1 Å². The molecule has 172 valence electrons. The third-order valence-electron chi connectivity index (χ3n) is 6.80. The normalized spacial score (nSPS) is 17.1. The number of ketones is 1. The molecule has 2 aromatic rings. The van der Waals surface area contributed by atoms with E-state index in [4.69, 9.17) is 4.98 Å². The second kappa shape index (κ2) is 10.2. The Morgan fingerprint density at radius 1 is 1.16 bits per heavy atom. The van der Waals surface area contributed by atoms with Gasteiger partial charge >= 0.3 is 0 Å². The van der Waals surface area contributed by atoms with Crippen molar-refractivity contribution in [3.63, 3.8) is 0 Å². The van der Waals surface area contributed by atoms with E-state index in [0.717, 1.165) is 44.1 Å². The van der Waals surface area contributed by atoms with E-state index in [1.165, 1.54) is 6.42 Å². The van der Waals surface area contributed by atoms with Crippen LogP contribution >= 0.6 is 0 Å². The number of allylic oxidation sites excluding steroid dienone is 3. The zero-order valence-corrected chi connectivity index (χ0v) is 20.0. The topological polar surface area (TPSA) is 87.7 Å². The molecule has 2 N–H and O–H groups in total. The molecule has 1 fully saturated rings. The zero-order chi connectivity index (χ0) is 23.3. The highest BCUT2D eigenvalue weighted by atomic mass is 16.1. The van der Waals surface area contributed by atoms with Gasteiger partial charge in [-0.05, 0) is 45.1 Å². The second-order valence-corrected chi connectivity index (χ2v) is 9.29. The van der Waals surface area contributed by atoms with Crippen LogP contribution in [0, 0.1) is 5.41 Å². The number of H-pyrrole nitrogens is 1. The van der Waals surface area contributed by atoms with Gasteiger partial charge in [0.05, 0.1) is 17.5 Å². The first-order valence-electron chi connectivity index (χ1n) is 11.8. The van der Waals surface area contributed by atoms with Crippen molar-refractivity contribution >= 4 is 28.4 Å². The van der Waals surface area contributed by atoms with Crippen molar-refractivity contribution in [3.8, 4) is 0 Å². The van der Waals surface area contributed by atoms with E-state index in [0.29, 0.717) is 28.0 Å². The van der Waals surface area contributed by atoms with Gasteiger partial charge in [0.2, 0.25) is 5.91 Å². The standard InChI is InChI=1S/C26H36N4O2/c1-6-19(7-2)29-25(32)18(4)12-11-17(3)21-16-28-24-22(30-21)20(15-27-24)23(31)26(5)13-9-8-10-14-26/h11-12,15-16,19H,6-10,13-14H2,1-5H3,(H,27,28)(H,29,32)/b17-11+,18-12+. The Balaban J connectivity index is 1.84. The molecule has 1 saturated carbocycles. The molecule has 1 aliphatic carbocycles. The van der Waals surface area contributed by atoms with Gasteiger partial charge in [-0.25, -0.2) is 9.97 Å². The minimum absolute atomic E-state index is 0.0523. The molecule has 0 bridgehead atoms. The second-order valence-electron chi connectivity index (χ2n) is 9.29. The van der Waals surface area contributed by atoms with Crippen LogP contribution in [-0.2, 0) is 4.79 Å². The van der Waals surface area contributed by atoms with Crippen molar-refractivity contribution in [1.82, 2.24) is 20.3 Å². The van der Waals surface area contributed by atoms with Crippen molar-refractivity contribution in [2.75, 3.05) is 0 Å². The zero-order valence-electron chi connectivity index (χ0n) is 20.0. The number of aromatic nitrogens is 3. The van der Waals surface area contributed by atoms with Crippen LogP contribution in [0.5, 0.6) is 0 Å². The quantitative estimate of drug-likeness (QED) is 0.313. The Morgan fingerprint density at radius 2 is 1.84 bits per heavy atom. The number of hydrogen-bond acceptors (Lipinski definition) is 4. The fraction of sp³-hybridized carbons (Fsp3) is 0.538. The number of aromatic amines is 1. The van der Waals surface area contributed by atoms with Gasteiger partial charge in [-0.15, -0.1) is 0 Å². The van der Waals surface area contributed by atoms with Crippen LogP contribution < -0.4 is 5.32 Å². The molecule has 0 atom stereocenters. The number of hydrogen-bond donors (Lipinski definition) is 2. The molecule has 2 aromatic heterocycles. The lowest BCUT2D eigenvalue weighted by molar-refractivity contribution is -0.118. The first-order chi connectivity index (χ1) is 15.3. The van der Waals surface area contributed by atoms with Crippen molar-refractivity contribution in [1.29, 1.82) is 0 Å². The number of nitrogens with one attached hydrogen (secondary N) is 2. The van der Waals surface area contributed by atoms with Crippen LogP contribution in [0.2, 0.25) is 0 Å². The molecular weight excluding hydrogens is 400 g/mol. The molecule has 32 heavy (non-hydrogen) atoms. The Morgan fingerprint density at radius 3 is 2.50 bits per heavy atom. The molecule has 0 saturated heterocycles. The summed E-state index contributed by atoms with van der Waals surface area (Å²) in [5.41, 5.74) is 3.79. The van der Waals surface area contributed by atoms with Crippen LogP contribution in [-0.4, -0.2) is 32.7 Å². The average Bonchev–Trinajstić information content (AvgIpc) is 3.23. The summed E-state index contributed by atoms with van der Waals surface area (Å²) in [4.78, 5) is 38.1. The van der Waals surface area contributed by atoms with Crippen molar-refractivity contribution in [2.45, 2.75) is 85.6 Å². The van der Waals surface area contributed by atoms with E-state index in [1.807, 2.05) is 26.0 Å². The summed E-state index contributed by atoms with van der Waals surface area (Å²) in [6.45, 7) is 9.97. The van der Waals surface area contributed by atoms with Gasteiger partial charge in [0.1, 0.15) is 5.52 Å². The minimum Gasteiger partial charge on any atom is -0.350 e. The highest BCUT2D eigenvalue weighted by molar-refractivity contribution is 6.08. The monoisotopic (exact) mass is 436 g/mol. The highest BCUT2D eigenvalue weighted by Gasteiger charge is 2.36. The molecule has 0 aliphatic heterocycles. The first kappa shape index (κ1) is 23.9. The summed E-state index contributed by atoms with van der Waals surface area (Å²) in [5, 5.41) is 3.05. The lowest BCUT2D eigenvalue weighted by Crippen LogP contribution is -2.34. The smallest absolute Gasteiger partial charge is 0.247 e. The van der Waals surface area contributed by atoms with E-state index >= 15 is 0 Å². The third kappa shape index (κ3) is 5.17. The molecule has 2 heterocycles. The van der Waals surface area contributed by atoms with E-state index in [-0.39, 0.29) is 23.1 Å². The van der Waals surface area contributed by atoms with Gasteiger partial charge in [-0.1, -0.05) is 52.2 Å². The molecule has 0 radical (unpaired) electrons. The molecule has 3 rings (SSSR count). The predicted molar refractivity (Wildman–Crippen MR) is 129 cm³/mol. The summed E-state index contributed by atoms with van der Waals surface area (Å²) in [6.07, 6.45) is 14.2. The molecule has 6 nitrogen and oxygen atoms in total. The van der Waals surface area contributed by atoms with Crippen molar-refractivity contribution < 1.29 is 9.59 Å². The maximum Gasteiger partial charge on any atom is 0.247 e. The lowest BCUT2D eigenvalue weighted by Gasteiger charge is -2.31. The van der Waals surface area contributed by atoms with E-state index in [2.05, 4.69) is 36.1 Å². The van der Waals surface area contributed by atoms with E-state index < -0.39 is 0 Å².